The molecule has 0 saturated carbocycles. The minimum atomic E-state index is 0.0981. The van der Waals surface area contributed by atoms with Gasteiger partial charge in [0, 0.05) is 0 Å². The van der Waals surface area contributed by atoms with Crippen molar-refractivity contribution in [2.24, 2.45) is 0 Å². The van der Waals surface area contributed by atoms with Crippen molar-refractivity contribution in [3.05, 3.63) is 82.9 Å². The summed E-state index contributed by atoms with van der Waals surface area (Å²) in [6, 6.07) is 21.8. The number of hydrogen-bond acceptors (Lipinski definition) is 2. The Morgan fingerprint density at radius 3 is 2.25 bits per heavy atom. The molecular formula is C26H28O2. The lowest BCUT2D eigenvalue weighted by molar-refractivity contribution is 0.280. The molecule has 1 N–H and O–H groups in total. The van der Waals surface area contributed by atoms with Crippen molar-refractivity contribution in [3.8, 4) is 22.3 Å². The Morgan fingerprint density at radius 1 is 0.857 bits per heavy atom. The van der Waals surface area contributed by atoms with E-state index < -0.39 is 0 Å². The van der Waals surface area contributed by atoms with E-state index in [4.69, 9.17) is 4.74 Å². The highest BCUT2D eigenvalue weighted by molar-refractivity contribution is 5.74. The smallest absolute Gasteiger partial charge is 0.0810 e. The molecule has 0 aliphatic carbocycles. The summed E-state index contributed by atoms with van der Waals surface area (Å²) in [6.07, 6.45) is 3.67. The van der Waals surface area contributed by atoms with Crippen molar-refractivity contribution in [2.75, 3.05) is 6.61 Å². The SMILES string of the molecule is Cc1ccc(-c2ccc(-c3ccc(CO)c(CCCC4CO4)c3)c(C)c2)cc1. The van der Waals surface area contributed by atoms with Crippen LogP contribution in [-0.2, 0) is 17.8 Å². The highest BCUT2D eigenvalue weighted by Crippen LogP contribution is 2.31. The first-order valence-electron chi connectivity index (χ1n) is 10.2. The van der Waals surface area contributed by atoms with Gasteiger partial charge in [-0.1, -0.05) is 66.2 Å². The van der Waals surface area contributed by atoms with Crippen LogP contribution in [0.3, 0.4) is 0 Å². The van der Waals surface area contributed by atoms with Gasteiger partial charge in [0.05, 0.1) is 19.3 Å². The first-order valence-corrected chi connectivity index (χ1v) is 10.2. The van der Waals surface area contributed by atoms with Gasteiger partial charge in [0.15, 0.2) is 0 Å². The zero-order valence-corrected chi connectivity index (χ0v) is 16.7. The van der Waals surface area contributed by atoms with Crippen LogP contribution < -0.4 is 0 Å². The predicted octanol–water partition coefficient (Wildman–Crippen LogP) is 5.85. The number of hydrogen-bond donors (Lipinski definition) is 1. The third kappa shape index (κ3) is 4.35. The summed E-state index contributed by atoms with van der Waals surface area (Å²) in [5.41, 5.74) is 9.82. The summed E-state index contributed by atoms with van der Waals surface area (Å²) in [5, 5.41) is 9.71. The monoisotopic (exact) mass is 372 g/mol. The number of benzene rings is 3. The Morgan fingerprint density at radius 2 is 1.57 bits per heavy atom. The van der Waals surface area contributed by atoms with E-state index in [1.165, 1.54) is 38.9 Å². The molecule has 0 aromatic heterocycles. The molecule has 1 heterocycles. The van der Waals surface area contributed by atoms with Crippen molar-refractivity contribution >= 4 is 0 Å². The summed E-state index contributed by atoms with van der Waals surface area (Å²) in [6.45, 7) is 5.31. The lowest BCUT2D eigenvalue weighted by Gasteiger charge is -2.13. The molecule has 2 nitrogen and oxygen atoms in total. The van der Waals surface area contributed by atoms with Gasteiger partial charge in [-0.15, -0.1) is 0 Å². The van der Waals surface area contributed by atoms with Gasteiger partial charge in [-0.25, -0.2) is 0 Å². The van der Waals surface area contributed by atoms with Gasteiger partial charge in [0.1, 0.15) is 0 Å². The minimum Gasteiger partial charge on any atom is -0.392 e. The summed E-state index contributed by atoms with van der Waals surface area (Å²) in [5.74, 6) is 0. The van der Waals surface area contributed by atoms with Crippen LogP contribution in [0.25, 0.3) is 22.3 Å². The highest BCUT2D eigenvalue weighted by Gasteiger charge is 2.21. The molecule has 144 valence electrons. The third-order valence-electron chi connectivity index (χ3n) is 5.67. The van der Waals surface area contributed by atoms with Gasteiger partial charge < -0.3 is 9.84 Å². The van der Waals surface area contributed by atoms with Gasteiger partial charge in [-0.05, 0) is 72.1 Å². The number of epoxide rings is 1. The van der Waals surface area contributed by atoms with Crippen LogP contribution in [0, 0.1) is 13.8 Å². The molecule has 0 radical (unpaired) electrons. The van der Waals surface area contributed by atoms with Crippen LogP contribution in [0.5, 0.6) is 0 Å². The fourth-order valence-electron chi connectivity index (χ4n) is 3.85. The molecule has 1 atom stereocenters. The summed E-state index contributed by atoms with van der Waals surface area (Å²) in [4.78, 5) is 0. The van der Waals surface area contributed by atoms with Gasteiger partial charge >= 0.3 is 0 Å². The quantitative estimate of drug-likeness (QED) is 0.528. The molecule has 4 rings (SSSR count). The van der Waals surface area contributed by atoms with E-state index >= 15 is 0 Å². The van der Waals surface area contributed by atoms with Crippen molar-refractivity contribution in [1.29, 1.82) is 0 Å². The van der Waals surface area contributed by atoms with E-state index in [1.807, 2.05) is 0 Å². The zero-order valence-electron chi connectivity index (χ0n) is 16.7. The number of aryl methyl sites for hydroxylation is 3. The average molecular weight is 373 g/mol. The van der Waals surface area contributed by atoms with Crippen LogP contribution >= 0.6 is 0 Å². The Balaban J connectivity index is 1.59. The summed E-state index contributed by atoms with van der Waals surface area (Å²) < 4.78 is 5.32. The largest absolute Gasteiger partial charge is 0.392 e. The highest BCUT2D eigenvalue weighted by atomic mass is 16.6. The Labute approximate surface area is 167 Å². The second-order valence-electron chi connectivity index (χ2n) is 7.88. The second-order valence-corrected chi connectivity index (χ2v) is 7.88. The molecule has 1 unspecified atom stereocenters. The van der Waals surface area contributed by atoms with Gasteiger partial charge in [-0.2, -0.15) is 0 Å². The van der Waals surface area contributed by atoms with E-state index in [9.17, 15) is 5.11 Å². The maximum Gasteiger partial charge on any atom is 0.0810 e. The maximum atomic E-state index is 9.71. The fourth-order valence-corrected chi connectivity index (χ4v) is 3.85. The molecule has 3 aromatic rings. The van der Waals surface area contributed by atoms with E-state index in [0.29, 0.717) is 6.10 Å². The number of rotatable bonds is 7. The molecule has 0 amide bonds. The molecule has 1 saturated heterocycles. The Hall–Kier alpha value is -2.42. The molecule has 3 aromatic carbocycles. The molecule has 1 aliphatic rings. The first kappa shape index (κ1) is 18.9. The van der Waals surface area contributed by atoms with E-state index in [0.717, 1.165) is 31.4 Å². The minimum absolute atomic E-state index is 0.0981. The molecule has 0 bridgehead atoms. The topological polar surface area (TPSA) is 32.8 Å². The zero-order chi connectivity index (χ0) is 19.5. The van der Waals surface area contributed by atoms with Gasteiger partial charge in [0.2, 0.25) is 0 Å². The number of aliphatic hydroxyl groups excluding tert-OH is 1. The van der Waals surface area contributed by atoms with Gasteiger partial charge in [-0.3, -0.25) is 0 Å². The summed E-state index contributed by atoms with van der Waals surface area (Å²) >= 11 is 0. The predicted molar refractivity (Wildman–Crippen MR) is 115 cm³/mol. The average Bonchev–Trinajstić information content (AvgIpc) is 3.53. The molecule has 1 fully saturated rings. The van der Waals surface area contributed by atoms with Gasteiger partial charge in [0.25, 0.3) is 0 Å². The van der Waals surface area contributed by atoms with Crippen LogP contribution in [0.1, 0.15) is 35.1 Å². The van der Waals surface area contributed by atoms with Crippen LogP contribution in [-0.4, -0.2) is 17.8 Å². The third-order valence-corrected chi connectivity index (χ3v) is 5.67. The number of aliphatic hydroxyl groups is 1. The standard InChI is InChI=1S/C26H28O2/c1-18-6-8-20(9-7-18)22-12-13-26(19(2)14-22)23-10-11-24(16-27)21(15-23)4-3-5-25-17-28-25/h6-15,25,27H,3-5,16-17H2,1-2H3. The summed E-state index contributed by atoms with van der Waals surface area (Å²) in [7, 11) is 0. The Kier molecular flexibility index (Phi) is 5.61. The van der Waals surface area contributed by atoms with Crippen molar-refractivity contribution in [2.45, 2.75) is 45.8 Å². The molecule has 2 heteroatoms. The molecule has 1 aliphatic heterocycles. The van der Waals surface area contributed by atoms with E-state index in [1.54, 1.807) is 0 Å². The molecule has 0 spiro atoms. The lowest BCUT2D eigenvalue weighted by Crippen LogP contribution is -1.97. The molecule has 28 heavy (non-hydrogen) atoms. The maximum absolute atomic E-state index is 9.71. The van der Waals surface area contributed by atoms with Crippen LogP contribution in [0.2, 0.25) is 0 Å². The van der Waals surface area contributed by atoms with Crippen molar-refractivity contribution in [1.82, 2.24) is 0 Å². The van der Waals surface area contributed by atoms with Crippen molar-refractivity contribution in [3.63, 3.8) is 0 Å². The van der Waals surface area contributed by atoms with Crippen LogP contribution in [0.15, 0.2) is 60.7 Å². The van der Waals surface area contributed by atoms with E-state index in [-0.39, 0.29) is 6.61 Å². The second kappa shape index (κ2) is 8.30. The lowest BCUT2D eigenvalue weighted by atomic mass is 9.92. The molecular weight excluding hydrogens is 344 g/mol. The Bertz CT molecular complexity index is 953. The van der Waals surface area contributed by atoms with Crippen molar-refractivity contribution < 1.29 is 9.84 Å². The van der Waals surface area contributed by atoms with Crippen LogP contribution in [0.4, 0.5) is 0 Å². The van der Waals surface area contributed by atoms with E-state index in [2.05, 4.69) is 74.5 Å². The normalized spacial score (nSPS) is 15.6. The first-order chi connectivity index (χ1) is 13.6. The number of ether oxygens (including phenoxy) is 1. The fraction of sp³-hybridized carbons (Fsp3) is 0.308.